The molecule has 3 rings (SSSR count). The van der Waals surface area contributed by atoms with E-state index in [0.29, 0.717) is 0 Å². The van der Waals surface area contributed by atoms with Crippen molar-refractivity contribution in [2.75, 3.05) is 6.61 Å². The zero-order valence-corrected chi connectivity index (χ0v) is 13.2. The summed E-state index contributed by atoms with van der Waals surface area (Å²) in [4.78, 5) is 12.0. The second kappa shape index (κ2) is 5.76. The van der Waals surface area contributed by atoms with Gasteiger partial charge in [-0.2, -0.15) is 0 Å². The molecule has 0 bridgehead atoms. The van der Waals surface area contributed by atoms with Gasteiger partial charge < -0.3 is 9.47 Å². The summed E-state index contributed by atoms with van der Waals surface area (Å²) in [7, 11) is 0. The number of esters is 1. The maximum Gasteiger partial charge on any atom is 0.313 e. The highest BCUT2D eigenvalue weighted by Gasteiger charge is 2.29. The molecule has 1 aromatic carbocycles. The highest BCUT2D eigenvalue weighted by Crippen LogP contribution is 2.33. The first-order valence-electron chi connectivity index (χ1n) is 7.26. The Bertz CT molecular complexity index is 506. The summed E-state index contributed by atoms with van der Waals surface area (Å²) in [6.45, 7) is 2.68. The Labute approximate surface area is 127 Å². The molecular weight excluding hydrogens is 320 g/mol. The van der Waals surface area contributed by atoms with Crippen molar-refractivity contribution in [3.8, 4) is 5.75 Å². The minimum atomic E-state index is -0.248. The summed E-state index contributed by atoms with van der Waals surface area (Å²) >= 11 is 3.53. The maximum absolute atomic E-state index is 12.0. The lowest BCUT2D eigenvalue weighted by Crippen LogP contribution is -2.14. The first-order chi connectivity index (χ1) is 9.63. The van der Waals surface area contributed by atoms with Gasteiger partial charge in [0, 0.05) is 4.47 Å². The number of hydrogen-bond acceptors (Lipinski definition) is 3. The van der Waals surface area contributed by atoms with E-state index < -0.39 is 0 Å². The van der Waals surface area contributed by atoms with Crippen molar-refractivity contribution in [1.29, 1.82) is 0 Å². The monoisotopic (exact) mass is 338 g/mol. The van der Waals surface area contributed by atoms with Crippen molar-refractivity contribution in [3.05, 3.63) is 28.2 Å². The predicted molar refractivity (Wildman–Crippen MR) is 79.9 cm³/mol. The molecule has 0 N–H and O–H groups in total. The van der Waals surface area contributed by atoms with Gasteiger partial charge in [0.15, 0.2) is 0 Å². The number of rotatable bonds is 6. The van der Waals surface area contributed by atoms with E-state index in [1.807, 2.05) is 25.1 Å². The molecule has 0 amide bonds. The molecule has 1 unspecified atom stereocenters. The highest BCUT2D eigenvalue weighted by molar-refractivity contribution is 9.10. The van der Waals surface area contributed by atoms with Crippen molar-refractivity contribution in [2.24, 2.45) is 5.92 Å². The summed E-state index contributed by atoms with van der Waals surface area (Å²) < 4.78 is 12.0. The fourth-order valence-corrected chi connectivity index (χ4v) is 2.73. The van der Waals surface area contributed by atoms with E-state index in [1.54, 1.807) is 0 Å². The summed E-state index contributed by atoms with van der Waals surface area (Å²) in [5.41, 5.74) is 0.953. The quantitative estimate of drug-likeness (QED) is 0.734. The molecule has 0 aromatic heterocycles. The molecule has 2 aliphatic rings. The normalized spacial score (nSPS) is 19.5. The standard InChI is InChI=1S/C16H19BrO3/c1-10(16(18)20-12-4-5-12)14-7-6-13(8-15(14)17)19-9-11-2-3-11/h6-8,10-12H,2-5,9H2,1H3. The van der Waals surface area contributed by atoms with Crippen LogP contribution in [0.3, 0.4) is 0 Å². The Morgan fingerprint density at radius 2 is 2.10 bits per heavy atom. The van der Waals surface area contributed by atoms with Crippen LogP contribution in [0, 0.1) is 5.92 Å². The van der Waals surface area contributed by atoms with E-state index in [2.05, 4.69) is 15.9 Å². The zero-order chi connectivity index (χ0) is 14.1. The second-order valence-electron chi connectivity index (χ2n) is 5.80. The minimum absolute atomic E-state index is 0.139. The molecule has 3 nitrogen and oxygen atoms in total. The van der Waals surface area contributed by atoms with E-state index in [1.165, 1.54) is 12.8 Å². The number of carbonyl (C=O) groups is 1. The fraction of sp³-hybridized carbons (Fsp3) is 0.562. The molecule has 4 heteroatoms. The Morgan fingerprint density at radius 1 is 1.35 bits per heavy atom. The van der Waals surface area contributed by atoms with Crippen LogP contribution in [0.15, 0.2) is 22.7 Å². The smallest absolute Gasteiger partial charge is 0.313 e. The van der Waals surface area contributed by atoms with Gasteiger partial charge in [0.05, 0.1) is 12.5 Å². The van der Waals surface area contributed by atoms with Crippen molar-refractivity contribution in [2.45, 2.75) is 44.6 Å². The number of halogens is 1. The Kier molecular flexibility index (Phi) is 4.01. The molecule has 0 aliphatic heterocycles. The Balaban J connectivity index is 1.63. The molecule has 0 heterocycles. The van der Waals surface area contributed by atoms with E-state index >= 15 is 0 Å². The van der Waals surface area contributed by atoms with Crippen molar-refractivity contribution < 1.29 is 14.3 Å². The highest BCUT2D eigenvalue weighted by atomic mass is 79.9. The first-order valence-corrected chi connectivity index (χ1v) is 8.05. The molecule has 108 valence electrons. The molecule has 20 heavy (non-hydrogen) atoms. The van der Waals surface area contributed by atoms with E-state index in [9.17, 15) is 4.79 Å². The molecule has 0 spiro atoms. The lowest BCUT2D eigenvalue weighted by atomic mass is 10.0. The van der Waals surface area contributed by atoms with Gasteiger partial charge in [-0.25, -0.2) is 0 Å². The van der Waals surface area contributed by atoms with Crippen LogP contribution in [-0.4, -0.2) is 18.7 Å². The van der Waals surface area contributed by atoms with Crippen LogP contribution in [0.2, 0.25) is 0 Å². The molecule has 1 atom stereocenters. The summed E-state index contributed by atoms with van der Waals surface area (Å²) in [6.07, 6.45) is 4.73. The minimum Gasteiger partial charge on any atom is -0.493 e. The van der Waals surface area contributed by atoms with Crippen LogP contribution in [0.5, 0.6) is 5.75 Å². The van der Waals surface area contributed by atoms with Gasteiger partial charge in [-0.1, -0.05) is 22.0 Å². The van der Waals surface area contributed by atoms with Gasteiger partial charge in [-0.05, 0) is 56.2 Å². The number of benzene rings is 1. The van der Waals surface area contributed by atoms with Gasteiger partial charge in [0.1, 0.15) is 11.9 Å². The van der Waals surface area contributed by atoms with Gasteiger partial charge in [0.2, 0.25) is 0 Å². The Hall–Kier alpha value is -1.03. The van der Waals surface area contributed by atoms with Gasteiger partial charge in [-0.3, -0.25) is 4.79 Å². The van der Waals surface area contributed by atoms with Crippen LogP contribution in [0.1, 0.15) is 44.1 Å². The first kappa shape index (κ1) is 13.9. The average Bonchev–Trinajstić information content (AvgIpc) is 3.30. The fourth-order valence-electron chi connectivity index (χ4n) is 2.03. The largest absolute Gasteiger partial charge is 0.493 e. The van der Waals surface area contributed by atoms with Crippen molar-refractivity contribution in [3.63, 3.8) is 0 Å². The van der Waals surface area contributed by atoms with E-state index in [4.69, 9.17) is 9.47 Å². The van der Waals surface area contributed by atoms with Crippen LogP contribution in [0.25, 0.3) is 0 Å². The summed E-state index contributed by atoms with van der Waals surface area (Å²) in [5.74, 6) is 1.21. The number of hydrogen-bond donors (Lipinski definition) is 0. The molecular formula is C16H19BrO3. The van der Waals surface area contributed by atoms with Crippen LogP contribution in [-0.2, 0) is 9.53 Å². The van der Waals surface area contributed by atoms with E-state index in [-0.39, 0.29) is 18.0 Å². The van der Waals surface area contributed by atoms with Crippen LogP contribution in [0.4, 0.5) is 0 Å². The lowest BCUT2D eigenvalue weighted by molar-refractivity contribution is -0.146. The molecule has 0 radical (unpaired) electrons. The third-order valence-electron chi connectivity index (χ3n) is 3.78. The number of ether oxygens (including phenoxy) is 2. The third-order valence-corrected chi connectivity index (χ3v) is 4.47. The Morgan fingerprint density at radius 3 is 2.70 bits per heavy atom. The topological polar surface area (TPSA) is 35.5 Å². The molecule has 2 fully saturated rings. The van der Waals surface area contributed by atoms with Crippen LogP contribution < -0.4 is 4.74 Å². The second-order valence-corrected chi connectivity index (χ2v) is 6.65. The van der Waals surface area contributed by atoms with Crippen LogP contribution >= 0.6 is 15.9 Å². The molecule has 2 aliphatic carbocycles. The van der Waals surface area contributed by atoms with Gasteiger partial charge in [-0.15, -0.1) is 0 Å². The molecule has 1 aromatic rings. The molecule has 2 saturated carbocycles. The van der Waals surface area contributed by atoms with Crippen molar-refractivity contribution in [1.82, 2.24) is 0 Å². The maximum atomic E-state index is 12.0. The van der Waals surface area contributed by atoms with E-state index in [0.717, 1.165) is 41.2 Å². The van der Waals surface area contributed by atoms with Gasteiger partial charge >= 0.3 is 5.97 Å². The lowest BCUT2D eigenvalue weighted by Gasteiger charge is -2.14. The SMILES string of the molecule is CC(C(=O)OC1CC1)c1ccc(OCC2CC2)cc1Br. The number of carbonyl (C=O) groups excluding carboxylic acids is 1. The zero-order valence-electron chi connectivity index (χ0n) is 11.6. The summed E-state index contributed by atoms with van der Waals surface area (Å²) in [5, 5.41) is 0. The third kappa shape index (κ3) is 3.54. The summed E-state index contributed by atoms with van der Waals surface area (Å²) in [6, 6.07) is 5.83. The molecule has 0 saturated heterocycles. The predicted octanol–water partition coefficient (Wildman–Crippen LogP) is 4.05. The van der Waals surface area contributed by atoms with Crippen molar-refractivity contribution >= 4 is 21.9 Å². The van der Waals surface area contributed by atoms with Gasteiger partial charge in [0.25, 0.3) is 0 Å². The average molecular weight is 339 g/mol.